The van der Waals surface area contributed by atoms with E-state index < -0.39 is 0 Å². The number of nitrogens with zero attached hydrogens (tertiary/aromatic N) is 2. The summed E-state index contributed by atoms with van der Waals surface area (Å²) in [5.74, 6) is 0.808. The van der Waals surface area contributed by atoms with Crippen molar-refractivity contribution in [1.29, 1.82) is 0 Å². The van der Waals surface area contributed by atoms with Crippen LogP contribution in [0, 0.1) is 0 Å². The molecular weight excluding hydrogens is 420 g/mol. The number of carbonyl (C=O) groups excluding carboxylic acids is 2. The molecule has 0 aliphatic heterocycles. The summed E-state index contributed by atoms with van der Waals surface area (Å²) in [5, 5.41) is 0. The standard InChI is InChI=1S/C22H24N2O4S2/c1-3-27-16-10-11-18-19(14-16)30-22(24(18)15-21(26)28-4-2)23-20(25)12-13-29-17-8-6-5-7-9-17/h5-11,14H,3-4,12-13,15H2,1-2H3. The number of benzene rings is 2. The Hall–Kier alpha value is -2.58. The molecule has 2 aromatic carbocycles. The quantitative estimate of drug-likeness (QED) is 0.364. The number of carbonyl (C=O) groups is 2. The van der Waals surface area contributed by atoms with Gasteiger partial charge in [0.1, 0.15) is 12.3 Å². The van der Waals surface area contributed by atoms with Crippen molar-refractivity contribution in [3.05, 3.63) is 53.3 Å². The summed E-state index contributed by atoms with van der Waals surface area (Å²) in [4.78, 5) is 30.5. The van der Waals surface area contributed by atoms with Gasteiger partial charge in [-0.3, -0.25) is 9.59 Å². The maximum absolute atomic E-state index is 12.5. The Bertz CT molecular complexity index is 1070. The molecule has 0 fully saturated rings. The van der Waals surface area contributed by atoms with E-state index in [1.165, 1.54) is 11.3 Å². The highest BCUT2D eigenvalue weighted by Crippen LogP contribution is 2.24. The van der Waals surface area contributed by atoms with E-state index in [2.05, 4.69) is 4.99 Å². The second-order valence-corrected chi connectivity index (χ2v) is 8.43. The maximum atomic E-state index is 12.5. The zero-order chi connectivity index (χ0) is 21.3. The Morgan fingerprint density at radius 3 is 2.63 bits per heavy atom. The number of amides is 1. The van der Waals surface area contributed by atoms with Gasteiger partial charge in [-0.2, -0.15) is 4.99 Å². The first-order valence-corrected chi connectivity index (χ1v) is 11.6. The maximum Gasteiger partial charge on any atom is 0.326 e. The normalized spacial score (nSPS) is 11.6. The SMILES string of the molecule is CCOC(=O)Cn1c(=NC(=O)CCSc2ccccc2)sc2cc(OCC)ccc21. The number of hydrogen-bond donors (Lipinski definition) is 0. The average Bonchev–Trinajstić information content (AvgIpc) is 3.05. The van der Waals surface area contributed by atoms with Gasteiger partial charge in [-0.15, -0.1) is 11.8 Å². The third-order valence-electron chi connectivity index (χ3n) is 4.11. The third kappa shape index (κ3) is 5.96. The monoisotopic (exact) mass is 444 g/mol. The molecule has 0 aliphatic rings. The van der Waals surface area contributed by atoms with Gasteiger partial charge in [0.05, 0.1) is 23.4 Å². The van der Waals surface area contributed by atoms with Crippen LogP contribution in [-0.4, -0.2) is 35.4 Å². The lowest BCUT2D eigenvalue weighted by Crippen LogP contribution is -2.23. The van der Waals surface area contributed by atoms with Gasteiger partial charge in [-0.25, -0.2) is 0 Å². The first-order chi connectivity index (χ1) is 14.6. The van der Waals surface area contributed by atoms with Gasteiger partial charge in [0, 0.05) is 17.1 Å². The zero-order valence-corrected chi connectivity index (χ0v) is 18.6. The van der Waals surface area contributed by atoms with Crippen molar-refractivity contribution in [2.45, 2.75) is 31.7 Å². The fourth-order valence-corrected chi connectivity index (χ4v) is 4.76. The molecule has 30 heavy (non-hydrogen) atoms. The van der Waals surface area contributed by atoms with Crippen LogP contribution in [0.2, 0.25) is 0 Å². The van der Waals surface area contributed by atoms with Crippen LogP contribution in [0.4, 0.5) is 0 Å². The lowest BCUT2D eigenvalue weighted by molar-refractivity contribution is -0.143. The third-order valence-corrected chi connectivity index (χ3v) is 6.16. The molecule has 1 heterocycles. The predicted molar refractivity (Wildman–Crippen MR) is 120 cm³/mol. The molecule has 1 amide bonds. The van der Waals surface area contributed by atoms with Crippen molar-refractivity contribution in [3.8, 4) is 5.75 Å². The fourth-order valence-electron chi connectivity index (χ4n) is 2.82. The highest BCUT2D eigenvalue weighted by molar-refractivity contribution is 7.99. The van der Waals surface area contributed by atoms with Gasteiger partial charge in [0.15, 0.2) is 4.80 Å². The van der Waals surface area contributed by atoms with Gasteiger partial charge in [0.2, 0.25) is 5.91 Å². The second kappa shape index (κ2) is 11.0. The highest BCUT2D eigenvalue weighted by Gasteiger charge is 2.13. The van der Waals surface area contributed by atoms with Gasteiger partial charge in [-0.05, 0) is 44.2 Å². The number of rotatable bonds is 9. The van der Waals surface area contributed by atoms with E-state index in [-0.39, 0.29) is 18.4 Å². The average molecular weight is 445 g/mol. The van der Waals surface area contributed by atoms with E-state index in [9.17, 15) is 9.59 Å². The first kappa shape index (κ1) is 22.1. The number of aromatic nitrogens is 1. The summed E-state index contributed by atoms with van der Waals surface area (Å²) in [5.41, 5.74) is 0.821. The molecule has 0 atom stereocenters. The predicted octanol–water partition coefficient (Wildman–Crippen LogP) is 4.27. The van der Waals surface area contributed by atoms with E-state index in [1.54, 1.807) is 23.3 Å². The molecule has 3 aromatic rings. The molecule has 0 unspecified atom stereocenters. The number of thioether (sulfide) groups is 1. The molecule has 0 spiro atoms. The van der Waals surface area contributed by atoms with E-state index in [0.717, 1.165) is 20.9 Å². The van der Waals surface area contributed by atoms with Crippen molar-refractivity contribution in [2.24, 2.45) is 4.99 Å². The highest BCUT2D eigenvalue weighted by atomic mass is 32.2. The van der Waals surface area contributed by atoms with Crippen LogP contribution in [0.15, 0.2) is 58.4 Å². The van der Waals surface area contributed by atoms with Crippen LogP contribution in [0.3, 0.4) is 0 Å². The molecule has 8 heteroatoms. The Kier molecular flexibility index (Phi) is 8.10. The van der Waals surface area contributed by atoms with E-state index in [4.69, 9.17) is 9.47 Å². The molecule has 0 N–H and O–H groups in total. The lowest BCUT2D eigenvalue weighted by atomic mass is 10.3. The number of hydrogen-bond acceptors (Lipinski definition) is 6. The van der Waals surface area contributed by atoms with Crippen molar-refractivity contribution >= 4 is 45.2 Å². The molecule has 6 nitrogen and oxygen atoms in total. The molecule has 1 aromatic heterocycles. The second-order valence-electron chi connectivity index (χ2n) is 6.26. The minimum absolute atomic E-state index is 0.00665. The number of fused-ring (bicyclic) bond motifs is 1. The van der Waals surface area contributed by atoms with E-state index in [0.29, 0.717) is 30.2 Å². The van der Waals surface area contributed by atoms with Crippen LogP contribution < -0.4 is 9.54 Å². The molecule has 0 bridgehead atoms. The van der Waals surface area contributed by atoms with Crippen LogP contribution in [-0.2, 0) is 20.9 Å². The van der Waals surface area contributed by atoms with Crippen molar-refractivity contribution in [3.63, 3.8) is 0 Å². The summed E-state index contributed by atoms with van der Waals surface area (Å²) in [7, 11) is 0. The zero-order valence-electron chi connectivity index (χ0n) is 17.0. The van der Waals surface area contributed by atoms with Gasteiger partial charge >= 0.3 is 5.97 Å². The number of esters is 1. The summed E-state index contributed by atoms with van der Waals surface area (Å²) >= 11 is 2.98. The molecule has 3 rings (SSSR count). The van der Waals surface area contributed by atoms with Crippen molar-refractivity contribution < 1.29 is 19.1 Å². The molecular formula is C22H24N2O4S2. The Balaban J connectivity index is 1.83. The Labute approximate surface area is 183 Å². The molecule has 0 saturated carbocycles. The topological polar surface area (TPSA) is 69.9 Å². The Morgan fingerprint density at radius 2 is 1.90 bits per heavy atom. The summed E-state index contributed by atoms with van der Waals surface area (Å²) in [6.07, 6.45) is 0.317. The van der Waals surface area contributed by atoms with Crippen LogP contribution in [0.1, 0.15) is 20.3 Å². The smallest absolute Gasteiger partial charge is 0.326 e. The minimum atomic E-state index is -0.361. The Morgan fingerprint density at radius 1 is 1.10 bits per heavy atom. The van der Waals surface area contributed by atoms with Crippen molar-refractivity contribution in [2.75, 3.05) is 19.0 Å². The van der Waals surface area contributed by atoms with E-state index >= 15 is 0 Å². The fraction of sp³-hybridized carbons (Fsp3) is 0.318. The molecule has 158 valence electrons. The van der Waals surface area contributed by atoms with Gasteiger partial charge in [0.25, 0.3) is 0 Å². The lowest BCUT2D eigenvalue weighted by Gasteiger charge is -2.06. The number of ether oxygens (including phenoxy) is 2. The summed E-state index contributed by atoms with van der Waals surface area (Å²) < 4.78 is 13.3. The largest absolute Gasteiger partial charge is 0.494 e. The first-order valence-electron chi connectivity index (χ1n) is 9.78. The van der Waals surface area contributed by atoms with Gasteiger partial charge < -0.3 is 14.0 Å². The summed E-state index contributed by atoms with van der Waals surface area (Å²) in [6.45, 7) is 4.56. The van der Waals surface area contributed by atoms with Gasteiger partial charge in [-0.1, -0.05) is 29.5 Å². The molecule has 0 aliphatic carbocycles. The van der Waals surface area contributed by atoms with Crippen molar-refractivity contribution in [1.82, 2.24) is 4.57 Å². The van der Waals surface area contributed by atoms with Crippen LogP contribution in [0.25, 0.3) is 10.2 Å². The molecule has 0 saturated heterocycles. The van der Waals surface area contributed by atoms with Crippen LogP contribution in [0.5, 0.6) is 5.75 Å². The number of thiazole rings is 1. The molecule has 0 radical (unpaired) electrons. The minimum Gasteiger partial charge on any atom is -0.494 e. The van der Waals surface area contributed by atoms with E-state index in [1.807, 2.05) is 55.5 Å². The summed E-state index contributed by atoms with van der Waals surface area (Å²) in [6, 6.07) is 15.6. The van der Waals surface area contributed by atoms with Crippen LogP contribution >= 0.6 is 23.1 Å².